The molecule has 5 nitrogen and oxygen atoms in total. The highest BCUT2D eigenvalue weighted by Gasteiger charge is 2.31. The lowest BCUT2D eigenvalue weighted by atomic mass is 9.89. The highest BCUT2D eigenvalue weighted by atomic mass is 32.2. The molecule has 2 N–H and O–H groups in total. The minimum atomic E-state index is -4.06. The third-order valence-electron chi connectivity index (χ3n) is 3.97. The predicted octanol–water partition coefficient (Wildman–Crippen LogP) is 2.38. The third-order valence-corrected chi connectivity index (χ3v) is 5.38. The van der Waals surface area contributed by atoms with Crippen molar-refractivity contribution < 1.29 is 22.7 Å². The molecule has 0 unspecified atom stereocenters. The predicted molar refractivity (Wildman–Crippen MR) is 75.1 cm³/mol. The van der Waals surface area contributed by atoms with Crippen molar-refractivity contribution in [2.24, 2.45) is 5.41 Å². The normalized spacial score (nSPS) is 17.8. The second kappa shape index (κ2) is 5.73. The number of carboxylic acids is 1. The van der Waals surface area contributed by atoms with Gasteiger partial charge in [-0.15, -0.1) is 0 Å². The average molecular weight is 315 g/mol. The summed E-state index contributed by atoms with van der Waals surface area (Å²) in [5, 5.41) is 8.87. The first-order chi connectivity index (χ1) is 9.73. The summed E-state index contributed by atoms with van der Waals surface area (Å²) in [6.07, 6.45) is 3.96. The Balaban J connectivity index is 2.23. The monoisotopic (exact) mass is 315 g/mol. The Labute approximate surface area is 123 Å². The fraction of sp³-hybridized carbons (Fsp3) is 0.500. The summed E-state index contributed by atoms with van der Waals surface area (Å²) in [5.74, 6) is -2.25. The van der Waals surface area contributed by atoms with Crippen LogP contribution in [0.2, 0.25) is 0 Å². The number of aromatic carboxylic acids is 1. The quantitative estimate of drug-likeness (QED) is 0.874. The second-order valence-electron chi connectivity index (χ2n) is 5.79. The standard InChI is InChI=1S/C14H18FNO4S/c1-14(6-2-3-7-14)9-16-21(19,20)12-8-10(13(17)18)4-5-11(12)15/h4-5,8,16H,2-3,6-7,9H2,1H3,(H,17,18). The lowest BCUT2D eigenvalue weighted by molar-refractivity contribution is 0.0696. The van der Waals surface area contributed by atoms with Crippen molar-refractivity contribution in [2.75, 3.05) is 6.54 Å². The van der Waals surface area contributed by atoms with Crippen LogP contribution in [0, 0.1) is 11.2 Å². The van der Waals surface area contributed by atoms with E-state index in [1.165, 1.54) is 0 Å². The summed E-state index contributed by atoms with van der Waals surface area (Å²) in [4.78, 5) is 10.3. The van der Waals surface area contributed by atoms with Gasteiger partial charge in [-0.1, -0.05) is 19.8 Å². The van der Waals surface area contributed by atoms with Crippen molar-refractivity contribution in [1.29, 1.82) is 0 Å². The van der Waals surface area contributed by atoms with Gasteiger partial charge < -0.3 is 5.11 Å². The molecule has 1 aromatic carbocycles. The van der Waals surface area contributed by atoms with Gasteiger partial charge in [-0.3, -0.25) is 0 Å². The second-order valence-corrected chi connectivity index (χ2v) is 7.53. The summed E-state index contributed by atoms with van der Waals surface area (Å²) < 4.78 is 40.5. The van der Waals surface area contributed by atoms with Crippen LogP contribution >= 0.6 is 0 Å². The van der Waals surface area contributed by atoms with E-state index in [2.05, 4.69) is 4.72 Å². The highest BCUT2D eigenvalue weighted by molar-refractivity contribution is 7.89. The third kappa shape index (κ3) is 3.59. The molecule has 2 rings (SSSR count). The van der Waals surface area contributed by atoms with E-state index in [0.717, 1.165) is 43.9 Å². The van der Waals surface area contributed by atoms with E-state index in [1.807, 2.05) is 6.92 Å². The lowest BCUT2D eigenvalue weighted by Gasteiger charge is -2.23. The molecule has 0 atom stereocenters. The SMILES string of the molecule is CC1(CNS(=O)(=O)c2cc(C(=O)O)ccc2F)CCCC1. The molecule has 21 heavy (non-hydrogen) atoms. The van der Waals surface area contributed by atoms with E-state index in [4.69, 9.17) is 5.11 Å². The molecule has 1 aliphatic carbocycles. The molecule has 0 bridgehead atoms. The van der Waals surface area contributed by atoms with Crippen LogP contribution in [0.15, 0.2) is 23.1 Å². The number of carbonyl (C=O) groups is 1. The number of rotatable bonds is 5. The number of hydrogen-bond acceptors (Lipinski definition) is 3. The van der Waals surface area contributed by atoms with Crippen molar-refractivity contribution >= 4 is 16.0 Å². The lowest BCUT2D eigenvalue weighted by Crippen LogP contribution is -2.34. The van der Waals surface area contributed by atoms with Gasteiger partial charge in [0.15, 0.2) is 0 Å². The van der Waals surface area contributed by atoms with Crippen molar-refractivity contribution in [2.45, 2.75) is 37.5 Å². The van der Waals surface area contributed by atoms with Gasteiger partial charge in [0.25, 0.3) is 0 Å². The van der Waals surface area contributed by atoms with Crippen LogP contribution in [0.1, 0.15) is 43.0 Å². The summed E-state index contributed by atoms with van der Waals surface area (Å²) >= 11 is 0. The molecular weight excluding hydrogens is 297 g/mol. The first kappa shape index (κ1) is 15.9. The van der Waals surface area contributed by atoms with Gasteiger partial charge in [0.2, 0.25) is 10.0 Å². The number of hydrogen-bond donors (Lipinski definition) is 2. The maximum absolute atomic E-state index is 13.7. The van der Waals surface area contributed by atoms with Crippen LogP contribution in [0.3, 0.4) is 0 Å². The van der Waals surface area contributed by atoms with Gasteiger partial charge in [-0.05, 0) is 36.5 Å². The summed E-state index contributed by atoms with van der Waals surface area (Å²) in [6, 6.07) is 2.74. The average Bonchev–Trinajstić information content (AvgIpc) is 2.84. The number of sulfonamides is 1. The van der Waals surface area contributed by atoms with Gasteiger partial charge in [0, 0.05) is 6.54 Å². The van der Waals surface area contributed by atoms with Crippen LogP contribution in [-0.2, 0) is 10.0 Å². The van der Waals surface area contributed by atoms with E-state index in [0.29, 0.717) is 0 Å². The molecule has 0 saturated heterocycles. The van der Waals surface area contributed by atoms with E-state index in [9.17, 15) is 17.6 Å². The Kier molecular flexibility index (Phi) is 4.34. The number of carboxylic acid groups (broad SMARTS) is 1. The minimum Gasteiger partial charge on any atom is -0.478 e. The van der Waals surface area contributed by atoms with Crippen LogP contribution in [0.25, 0.3) is 0 Å². The van der Waals surface area contributed by atoms with Crippen molar-refractivity contribution in [1.82, 2.24) is 4.72 Å². The first-order valence-electron chi connectivity index (χ1n) is 6.76. The Hall–Kier alpha value is -1.47. The Morgan fingerprint density at radius 3 is 2.57 bits per heavy atom. The smallest absolute Gasteiger partial charge is 0.335 e. The molecule has 0 amide bonds. The van der Waals surface area contributed by atoms with Gasteiger partial charge in [0.05, 0.1) is 5.56 Å². The zero-order valence-corrected chi connectivity index (χ0v) is 12.5. The topological polar surface area (TPSA) is 83.5 Å². The molecule has 0 aliphatic heterocycles. The maximum atomic E-state index is 13.7. The molecule has 1 saturated carbocycles. The number of nitrogens with one attached hydrogen (secondary N) is 1. The van der Waals surface area contributed by atoms with E-state index >= 15 is 0 Å². The molecule has 7 heteroatoms. The van der Waals surface area contributed by atoms with Crippen LogP contribution < -0.4 is 4.72 Å². The molecule has 0 radical (unpaired) electrons. The van der Waals surface area contributed by atoms with Gasteiger partial charge >= 0.3 is 5.97 Å². The number of halogens is 1. The molecular formula is C14H18FNO4S. The van der Waals surface area contributed by atoms with E-state index in [1.54, 1.807) is 0 Å². The van der Waals surface area contributed by atoms with Crippen LogP contribution in [0.4, 0.5) is 4.39 Å². The van der Waals surface area contributed by atoms with Gasteiger partial charge in [0.1, 0.15) is 10.7 Å². The van der Waals surface area contributed by atoms with E-state index < -0.39 is 26.7 Å². The first-order valence-corrected chi connectivity index (χ1v) is 8.24. The highest BCUT2D eigenvalue weighted by Crippen LogP contribution is 2.37. The van der Waals surface area contributed by atoms with E-state index in [-0.39, 0.29) is 17.5 Å². The van der Waals surface area contributed by atoms with Crippen LogP contribution in [0.5, 0.6) is 0 Å². The minimum absolute atomic E-state index is 0.117. The zero-order chi connectivity index (χ0) is 15.7. The Morgan fingerprint density at radius 2 is 2.00 bits per heavy atom. The summed E-state index contributed by atoms with van der Waals surface area (Å²) in [6.45, 7) is 2.22. The van der Waals surface area contributed by atoms with Crippen molar-refractivity contribution in [3.8, 4) is 0 Å². The summed E-state index contributed by atoms with van der Waals surface area (Å²) in [7, 11) is -4.06. The van der Waals surface area contributed by atoms with Gasteiger partial charge in [-0.25, -0.2) is 22.3 Å². The largest absolute Gasteiger partial charge is 0.478 e. The Bertz CT molecular complexity index is 651. The van der Waals surface area contributed by atoms with Gasteiger partial charge in [-0.2, -0.15) is 0 Å². The fourth-order valence-corrected chi connectivity index (χ4v) is 3.90. The molecule has 0 heterocycles. The molecule has 0 aromatic heterocycles. The fourth-order valence-electron chi connectivity index (χ4n) is 2.59. The Morgan fingerprint density at radius 1 is 1.38 bits per heavy atom. The zero-order valence-electron chi connectivity index (χ0n) is 11.7. The number of benzene rings is 1. The molecule has 116 valence electrons. The molecule has 0 spiro atoms. The molecule has 1 aliphatic rings. The van der Waals surface area contributed by atoms with Crippen molar-refractivity contribution in [3.63, 3.8) is 0 Å². The maximum Gasteiger partial charge on any atom is 0.335 e. The molecule has 1 aromatic rings. The summed E-state index contributed by atoms with van der Waals surface area (Å²) in [5.41, 5.74) is -0.377. The van der Waals surface area contributed by atoms with Crippen LogP contribution in [-0.4, -0.2) is 26.0 Å². The van der Waals surface area contributed by atoms with Crippen molar-refractivity contribution in [3.05, 3.63) is 29.6 Å². The molecule has 1 fully saturated rings.